The van der Waals surface area contributed by atoms with Crippen molar-refractivity contribution >= 4 is 24.4 Å². The number of rotatable bonds is 8. The molecule has 0 aliphatic rings. The first-order valence-electron chi connectivity index (χ1n) is 11.5. The minimum Gasteiger partial charge on any atom is -0.492 e. The molecular weight excluding hydrogens is 475 g/mol. The second-order valence-electron chi connectivity index (χ2n) is 9.57. The normalized spacial score (nSPS) is 11.6. The molecule has 0 spiro atoms. The van der Waals surface area contributed by atoms with Crippen molar-refractivity contribution in [3.05, 3.63) is 81.9 Å². The second-order valence-corrected chi connectivity index (χ2v) is 11.0. The van der Waals surface area contributed by atoms with Crippen LogP contribution in [0.15, 0.2) is 48.5 Å². The molecule has 1 atom stereocenters. The van der Waals surface area contributed by atoms with Gasteiger partial charge in [0.05, 0.1) is 32.5 Å². The number of ether oxygens (including phenoxy) is 3. The third-order valence-electron chi connectivity index (χ3n) is 6.08. The van der Waals surface area contributed by atoms with Crippen LogP contribution in [0.3, 0.4) is 0 Å². The fourth-order valence-corrected chi connectivity index (χ4v) is 5.69. The molecular formula is C29H32O6P+. The number of carbonyl (C=O) groups excluding carboxylic acids is 2. The van der Waals surface area contributed by atoms with Gasteiger partial charge in [0.2, 0.25) is 5.75 Å². The summed E-state index contributed by atoms with van der Waals surface area (Å²) in [7, 11) is 1.49. The summed E-state index contributed by atoms with van der Waals surface area (Å²) in [6.45, 7) is 9.99. The van der Waals surface area contributed by atoms with Gasteiger partial charge in [-0.15, -0.1) is 0 Å². The van der Waals surface area contributed by atoms with E-state index in [4.69, 9.17) is 14.2 Å². The highest BCUT2D eigenvalue weighted by molar-refractivity contribution is 7.72. The first-order valence-corrected chi connectivity index (χ1v) is 12.8. The minimum absolute atomic E-state index is 0.0345. The molecule has 0 amide bonds. The van der Waals surface area contributed by atoms with E-state index in [-0.39, 0.29) is 39.3 Å². The summed E-state index contributed by atoms with van der Waals surface area (Å²) in [5, 5.41) is 0.0557. The molecule has 6 nitrogen and oxygen atoms in total. The van der Waals surface area contributed by atoms with Crippen LogP contribution in [-0.2, 0) is 9.98 Å². The van der Waals surface area contributed by atoms with Gasteiger partial charge in [-0.25, -0.2) is 4.79 Å². The predicted octanol–water partition coefficient (Wildman–Crippen LogP) is 6.15. The van der Waals surface area contributed by atoms with Gasteiger partial charge in [-0.05, 0) is 36.0 Å². The molecule has 3 aromatic rings. The zero-order valence-corrected chi connectivity index (χ0v) is 22.9. The maximum Gasteiger partial charge on any atom is 0.466 e. The van der Waals surface area contributed by atoms with Crippen LogP contribution < -0.4 is 19.5 Å². The molecule has 188 valence electrons. The highest BCUT2D eigenvalue weighted by Gasteiger charge is 2.44. The van der Waals surface area contributed by atoms with E-state index in [0.717, 1.165) is 16.7 Å². The summed E-state index contributed by atoms with van der Waals surface area (Å²) in [6, 6.07) is 14.1. The van der Waals surface area contributed by atoms with Gasteiger partial charge in [0.1, 0.15) is 0 Å². The molecule has 1 unspecified atom stereocenters. The van der Waals surface area contributed by atoms with Crippen molar-refractivity contribution in [2.45, 2.75) is 40.0 Å². The van der Waals surface area contributed by atoms with Crippen LogP contribution in [0.2, 0.25) is 0 Å². The molecule has 0 aromatic heterocycles. The zero-order valence-electron chi connectivity index (χ0n) is 22.0. The van der Waals surface area contributed by atoms with E-state index in [0.29, 0.717) is 11.1 Å². The monoisotopic (exact) mass is 507 g/mol. The van der Waals surface area contributed by atoms with Crippen molar-refractivity contribution in [3.8, 4) is 17.2 Å². The van der Waals surface area contributed by atoms with Crippen LogP contribution in [-0.4, -0.2) is 32.6 Å². The van der Waals surface area contributed by atoms with E-state index in [1.54, 1.807) is 24.3 Å². The molecule has 3 rings (SSSR count). The molecule has 7 heteroatoms. The van der Waals surface area contributed by atoms with E-state index in [2.05, 4.69) is 20.8 Å². The Balaban J connectivity index is 2.19. The van der Waals surface area contributed by atoms with Crippen LogP contribution in [0.1, 0.15) is 63.7 Å². The lowest BCUT2D eigenvalue weighted by molar-refractivity contribution is 0.103. The van der Waals surface area contributed by atoms with E-state index in [1.165, 1.54) is 27.4 Å². The van der Waals surface area contributed by atoms with Gasteiger partial charge >= 0.3 is 13.3 Å². The molecule has 0 heterocycles. The van der Waals surface area contributed by atoms with E-state index < -0.39 is 13.3 Å². The van der Waals surface area contributed by atoms with Crippen molar-refractivity contribution in [2.75, 3.05) is 21.3 Å². The second kappa shape index (κ2) is 10.6. The molecule has 0 fully saturated rings. The number of methoxy groups -OCH3 is 3. The van der Waals surface area contributed by atoms with E-state index in [1.807, 2.05) is 32.0 Å². The van der Waals surface area contributed by atoms with E-state index >= 15 is 0 Å². The van der Waals surface area contributed by atoms with Gasteiger partial charge in [0, 0.05) is 11.6 Å². The van der Waals surface area contributed by atoms with Gasteiger partial charge in [-0.3, -0.25) is 4.79 Å². The lowest BCUT2D eigenvalue weighted by Gasteiger charge is -2.21. The average Bonchev–Trinajstić information content (AvgIpc) is 2.85. The number of aryl methyl sites for hydroxylation is 2. The SMILES string of the molecule is COc1cc(C(=O)c2ccccc2)c(OC)c(OC)c1[P+](=O)C(=O)c1c(C)cc(C(C)(C)C)cc1C. The van der Waals surface area contributed by atoms with Crippen molar-refractivity contribution in [2.24, 2.45) is 0 Å². The Morgan fingerprint density at radius 2 is 1.36 bits per heavy atom. The Bertz CT molecular complexity index is 1310. The summed E-state index contributed by atoms with van der Waals surface area (Å²) < 4.78 is 30.4. The van der Waals surface area contributed by atoms with Crippen molar-refractivity contribution < 1.29 is 28.4 Å². The summed E-state index contributed by atoms with van der Waals surface area (Å²) in [5.41, 5.74) is 2.96. The Morgan fingerprint density at radius 1 is 0.806 bits per heavy atom. The molecule has 0 aliphatic carbocycles. The number of ketones is 1. The van der Waals surface area contributed by atoms with Crippen molar-refractivity contribution in [1.29, 1.82) is 0 Å². The molecule has 0 saturated carbocycles. The smallest absolute Gasteiger partial charge is 0.466 e. The molecule has 3 aromatic carbocycles. The number of hydrogen-bond acceptors (Lipinski definition) is 6. The fourth-order valence-electron chi connectivity index (χ4n) is 4.20. The topological polar surface area (TPSA) is 78.9 Å². The average molecular weight is 508 g/mol. The lowest BCUT2D eigenvalue weighted by Crippen LogP contribution is -2.17. The Morgan fingerprint density at radius 3 is 1.83 bits per heavy atom. The Labute approximate surface area is 213 Å². The maximum absolute atomic E-state index is 13.8. The van der Waals surface area contributed by atoms with Crippen molar-refractivity contribution in [1.82, 2.24) is 0 Å². The maximum atomic E-state index is 13.8. The zero-order chi connectivity index (χ0) is 26.8. The molecule has 0 bridgehead atoms. The third-order valence-corrected chi connectivity index (χ3v) is 7.51. The van der Waals surface area contributed by atoms with Crippen LogP contribution in [0, 0.1) is 13.8 Å². The molecule has 0 N–H and O–H groups in total. The van der Waals surface area contributed by atoms with Gasteiger partial charge in [-0.1, -0.05) is 67.8 Å². The molecule has 36 heavy (non-hydrogen) atoms. The number of benzene rings is 3. The Hall–Kier alpha value is -3.50. The summed E-state index contributed by atoms with van der Waals surface area (Å²) in [4.78, 5) is 26.9. The lowest BCUT2D eigenvalue weighted by atomic mass is 9.84. The largest absolute Gasteiger partial charge is 0.492 e. The van der Waals surface area contributed by atoms with Crippen LogP contribution in [0.5, 0.6) is 17.2 Å². The summed E-state index contributed by atoms with van der Waals surface area (Å²) >= 11 is 0. The highest BCUT2D eigenvalue weighted by atomic mass is 31.1. The van der Waals surface area contributed by atoms with Gasteiger partial charge in [-0.2, -0.15) is 0 Å². The fraction of sp³-hybridized carbons (Fsp3) is 0.310. The van der Waals surface area contributed by atoms with Crippen LogP contribution in [0.4, 0.5) is 0 Å². The van der Waals surface area contributed by atoms with E-state index in [9.17, 15) is 14.2 Å². The van der Waals surface area contributed by atoms with Gasteiger partial charge < -0.3 is 14.2 Å². The van der Waals surface area contributed by atoms with Gasteiger partial charge in [0.25, 0.3) is 5.30 Å². The molecule has 0 aliphatic heterocycles. The molecule has 0 radical (unpaired) electrons. The first-order chi connectivity index (χ1) is 17.0. The molecule has 0 saturated heterocycles. The van der Waals surface area contributed by atoms with Crippen molar-refractivity contribution in [3.63, 3.8) is 0 Å². The minimum atomic E-state index is -2.67. The summed E-state index contributed by atoms with van der Waals surface area (Å²) in [6.07, 6.45) is 0. The third kappa shape index (κ3) is 5.05. The predicted molar refractivity (Wildman–Crippen MR) is 142 cm³/mol. The first kappa shape index (κ1) is 27.1. The number of carbonyl (C=O) groups is 2. The quantitative estimate of drug-likeness (QED) is 0.269. The number of hydrogen-bond donors (Lipinski definition) is 0. The Kier molecular flexibility index (Phi) is 8.00. The standard InChI is InChI=1S/C29H32O6P/c1-17-14-20(29(3,4)5)15-18(2)23(17)28(31)36(32)27-22(33-6)16-21(25(34-7)26(27)35-8)24(30)19-12-10-9-11-13-19/h9-16H,1-8H3/q+1. The highest BCUT2D eigenvalue weighted by Crippen LogP contribution is 2.44. The van der Waals surface area contributed by atoms with Crippen LogP contribution >= 0.6 is 7.80 Å². The van der Waals surface area contributed by atoms with Crippen LogP contribution in [0.25, 0.3) is 0 Å². The summed E-state index contributed by atoms with van der Waals surface area (Å²) in [5.74, 6) is -0.0772. The van der Waals surface area contributed by atoms with Gasteiger partial charge in [0.15, 0.2) is 17.3 Å².